The summed E-state index contributed by atoms with van der Waals surface area (Å²) < 4.78 is 0. The Kier molecular flexibility index (Phi) is 3.22. The molecule has 74 valence electrons. The largest absolute Gasteiger partial charge is 0.475 e. The number of aliphatic carboxylic acids is 1. The summed E-state index contributed by atoms with van der Waals surface area (Å²) in [4.78, 5) is 21.6. The highest BCUT2D eigenvalue weighted by molar-refractivity contribution is 6.41. The highest BCUT2D eigenvalue weighted by atomic mass is 35.5. The predicted octanol–water partition coefficient (Wildman–Crippen LogP) is 1.07. The number of carboxylic acid groups (broad SMARTS) is 1. The second kappa shape index (κ2) is 4.21. The van der Waals surface area contributed by atoms with Gasteiger partial charge < -0.3 is 10.8 Å². The Hall–Kier alpha value is -1.39. The lowest BCUT2D eigenvalue weighted by atomic mass is 10.0. The van der Waals surface area contributed by atoms with Crippen molar-refractivity contribution in [3.8, 4) is 0 Å². The van der Waals surface area contributed by atoms with Crippen LogP contribution in [0.1, 0.15) is 15.9 Å². The molecule has 0 saturated carbocycles. The van der Waals surface area contributed by atoms with E-state index in [4.69, 9.17) is 22.4 Å². The zero-order valence-electron chi connectivity index (χ0n) is 7.16. The predicted molar refractivity (Wildman–Crippen MR) is 51.3 cm³/mol. The number of ketones is 1. The van der Waals surface area contributed by atoms with E-state index in [0.717, 1.165) is 0 Å². The highest BCUT2D eigenvalue weighted by Crippen LogP contribution is 2.19. The fourth-order valence-corrected chi connectivity index (χ4v) is 1.35. The van der Waals surface area contributed by atoms with E-state index in [1.165, 1.54) is 12.1 Å². The van der Waals surface area contributed by atoms with Crippen molar-refractivity contribution in [1.82, 2.24) is 0 Å². The van der Waals surface area contributed by atoms with Crippen molar-refractivity contribution in [1.29, 1.82) is 0 Å². The standard InChI is InChI=1S/C9H8ClNO3/c10-7-3-1-2-5(6(7)4-11)8(12)9(13)14/h1-3H,4,11H2,(H,13,14). The number of hydrogen-bond donors (Lipinski definition) is 2. The van der Waals surface area contributed by atoms with Crippen LogP contribution in [0.15, 0.2) is 18.2 Å². The molecule has 14 heavy (non-hydrogen) atoms. The van der Waals surface area contributed by atoms with Gasteiger partial charge in [0.2, 0.25) is 0 Å². The van der Waals surface area contributed by atoms with Crippen molar-refractivity contribution >= 4 is 23.4 Å². The van der Waals surface area contributed by atoms with Gasteiger partial charge in [0, 0.05) is 17.1 Å². The highest BCUT2D eigenvalue weighted by Gasteiger charge is 2.18. The lowest BCUT2D eigenvalue weighted by Gasteiger charge is -2.05. The van der Waals surface area contributed by atoms with Gasteiger partial charge in [-0.3, -0.25) is 4.79 Å². The van der Waals surface area contributed by atoms with Crippen LogP contribution < -0.4 is 5.73 Å². The summed E-state index contributed by atoms with van der Waals surface area (Å²) in [5.74, 6) is -2.50. The van der Waals surface area contributed by atoms with E-state index in [1.54, 1.807) is 6.07 Å². The van der Waals surface area contributed by atoms with E-state index in [1.807, 2.05) is 0 Å². The molecule has 0 heterocycles. The van der Waals surface area contributed by atoms with Crippen LogP contribution in [0.3, 0.4) is 0 Å². The molecule has 0 atom stereocenters. The normalized spacial score (nSPS) is 9.86. The van der Waals surface area contributed by atoms with Crippen molar-refractivity contribution in [2.75, 3.05) is 0 Å². The first-order valence-electron chi connectivity index (χ1n) is 3.83. The number of rotatable bonds is 3. The Balaban J connectivity index is 3.27. The maximum Gasteiger partial charge on any atom is 0.377 e. The Labute approximate surface area is 85.3 Å². The van der Waals surface area contributed by atoms with Gasteiger partial charge in [0.05, 0.1) is 0 Å². The minimum atomic E-state index is -1.51. The van der Waals surface area contributed by atoms with Crippen LogP contribution >= 0.6 is 11.6 Å². The molecule has 0 aliphatic rings. The van der Waals surface area contributed by atoms with Gasteiger partial charge in [-0.25, -0.2) is 4.79 Å². The monoisotopic (exact) mass is 213 g/mol. The Morgan fingerprint density at radius 3 is 2.57 bits per heavy atom. The van der Waals surface area contributed by atoms with Crippen molar-refractivity contribution in [2.24, 2.45) is 5.73 Å². The second-order valence-corrected chi connectivity index (χ2v) is 3.01. The van der Waals surface area contributed by atoms with Crippen LogP contribution in [0.4, 0.5) is 0 Å². The number of benzene rings is 1. The van der Waals surface area contributed by atoms with Crippen molar-refractivity contribution in [2.45, 2.75) is 6.54 Å². The molecule has 3 N–H and O–H groups in total. The molecule has 0 aliphatic carbocycles. The van der Waals surface area contributed by atoms with Gasteiger partial charge in [0.15, 0.2) is 0 Å². The van der Waals surface area contributed by atoms with Gasteiger partial charge in [0.1, 0.15) is 0 Å². The molecule has 1 aromatic rings. The number of hydrogen-bond acceptors (Lipinski definition) is 3. The van der Waals surface area contributed by atoms with Crippen molar-refractivity contribution in [3.05, 3.63) is 34.3 Å². The molecule has 0 amide bonds. The fraction of sp³-hybridized carbons (Fsp3) is 0.111. The minimum Gasteiger partial charge on any atom is -0.475 e. The number of carbonyl (C=O) groups is 2. The number of Topliss-reactive ketones (excluding diaryl/α,β-unsaturated/α-hetero) is 1. The maximum atomic E-state index is 11.2. The third-order valence-electron chi connectivity index (χ3n) is 1.76. The lowest BCUT2D eigenvalue weighted by Crippen LogP contribution is -2.16. The van der Waals surface area contributed by atoms with Gasteiger partial charge in [-0.05, 0) is 11.6 Å². The molecule has 0 spiro atoms. The molecule has 0 aromatic heterocycles. The quantitative estimate of drug-likeness (QED) is 0.581. The van der Waals surface area contributed by atoms with Crippen LogP contribution in [0.25, 0.3) is 0 Å². The van der Waals surface area contributed by atoms with Crippen LogP contribution in [-0.2, 0) is 11.3 Å². The van der Waals surface area contributed by atoms with Gasteiger partial charge >= 0.3 is 5.97 Å². The maximum absolute atomic E-state index is 11.2. The molecule has 0 saturated heterocycles. The topological polar surface area (TPSA) is 80.4 Å². The van der Waals surface area contributed by atoms with Gasteiger partial charge in [-0.2, -0.15) is 0 Å². The van der Waals surface area contributed by atoms with Gasteiger partial charge in [-0.15, -0.1) is 0 Å². The molecule has 0 unspecified atom stereocenters. The molecular formula is C9H8ClNO3. The summed E-state index contributed by atoms with van der Waals surface area (Å²) in [7, 11) is 0. The summed E-state index contributed by atoms with van der Waals surface area (Å²) in [6.45, 7) is 0.0357. The second-order valence-electron chi connectivity index (χ2n) is 2.60. The Bertz CT molecular complexity index is 390. The average Bonchev–Trinajstić information content (AvgIpc) is 2.16. The minimum absolute atomic E-state index is 0.0357. The van der Waals surface area contributed by atoms with Crippen LogP contribution in [-0.4, -0.2) is 16.9 Å². The zero-order valence-corrected chi connectivity index (χ0v) is 7.91. The van der Waals surface area contributed by atoms with Crippen molar-refractivity contribution < 1.29 is 14.7 Å². The van der Waals surface area contributed by atoms with E-state index >= 15 is 0 Å². The fourth-order valence-electron chi connectivity index (χ4n) is 1.09. The number of nitrogens with two attached hydrogens (primary N) is 1. The smallest absolute Gasteiger partial charge is 0.377 e. The van der Waals surface area contributed by atoms with E-state index in [9.17, 15) is 9.59 Å². The lowest BCUT2D eigenvalue weighted by molar-refractivity contribution is -0.131. The van der Waals surface area contributed by atoms with E-state index in [0.29, 0.717) is 10.6 Å². The van der Waals surface area contributed by atoms with Gasteiger partial charge in [-0.1, -0.05) is 23.7 Å². The molecule has 1 aromatic carbocycles. The molecule has 4 nitrogen and oxygen atoms in total. The Morgan fingerprint density at radius 1 is 1.43 bits per heavy atom. The number of halogens is 1. The molecular weight excluding hydrogens is 206 g/mol. The average molecular weight is 214 g/mol. The van der Waals surface area contributed by atoms with Crippen LogP contribution in [0, 0.1) is 0 Å². The molecule has 0 fully saturated rings. The van der Waals surface area contributed by atoms with Gasteiger partial charge in [0.25, 0.3) is 5.78 Å². The first-order valence-corrected chi connectivity index (χ1v) is 4.20. The molecule has 0 radical (unpaired) electrons. The number of carbonyl (C=O) groups excluding carboxylic acids is 1. The van der Waals surface area contributed by atoms with Crippen LogP contribution in [0.2, 0.25) is 5.02 Å². The summed E-state index contributed by atoms with van der Waals surface area (Å²) >= 11 is 5.75. The van der Waals surface area contributed by atoms with Crippen molar-refractivity contribution in [3.63, 3.8) is 0 Å². The SMILES string of the molecule is NCc1c(Cl)cccc1C(=O)C(=O)O. The summed E-state index contributed by atoms with van der Waals surface area (Å²) in [6.07, 6.45) is 0. The summed E-state index contributed by atoms with van der Waals surface area (Å²) in [5, 5.41) is 8.82. The third kappa shape index (κ3) is 1.92. The molecule has 0 aliphatic heterocycles. The molecule has 1 rings (SSSR count). The van der Waals surface area contributed by atoms with E-state index in [2.05, 4.69) is 0 Å². The third-order valence-corrected chi connectivity index (χ3v) is 2.12. The van der Waals surface area contributed by atoms with E-state index < -0.39 is 11.8 Å². The van der Waals surface area contributed by atoms with Crippen LogP contribution in [0.5, 0.6) is 0 Å². The first kappa shape index (κ1) is 10.7. The summed E-state index contributed by atoms with van der Waals surface area (Å²) in [5.41, 5.74) is 5.77. The molecule has 0 bridgehead atoms. The zero-order chi connectivity index (χ0) is 10.7. The van der Waals surface area contributed by atoms with E-state index in [-0.39, 0.29) is 12.1 Å². The number of carboxylic acids is 1. The first-order chi connectivity index (χ1) is 6.57. The summed E-state index contributed by atoms with van der Waals surface area (Å²) in [6, 6.07) is 4.46. The Morgan fingerprint density at radius 2 is 2.07 bits per heavy atom. The molecule has 5 heteroatoms.